The molecule has 0 saturated heterocycles. The summed E-state index contributed by atoms with van der Waals surface area (Å²) in [6, 6.07) is 17.2. The Labute approximate surface area is 202 Å². The van der Waals surface area contributed by atoms with Crippen LogP contribution in [0.3, 0.4) is 0 Å². The van der Waals surface area contributed by atoms with E-state index in [1.54, 1.807) is 4.90 Å². The Hall–Kier alpha value is -3.71. The number of benzene rings is 2. The fourth-order valence-corrected chi connectivity index (χ4v) is 4.92. The second-order valence-electron chi connectivity index (χ2n) is 8.28. The first-order valence-corrected chi connectivity index (χ1v) is 12.0. The molecule has 3 aromatic rings. The van der Waals surface area contributed by atoms with Gasteiger partial charge in [0.15, 0.2) is 6.61 Å². The van der Waals surface area contributed by atoms with E-state index >= 15 is 0 Å². The third-order valence-electron chi connectivity index (χ3n) is 5.47. The molecule has 4 rings (SSSR count). The molecule has 0 radical (unpaired) electrons. The molecule has 0 aliphatic carbocycles. The van der Waals surface area contributed by atoms with Crippen LogP contribution in [0.1, 0.15) is 36.2 Å². The van der Waals surface area contributed by atoms with E-state index in [4.69, 9.17) is 4.74 Å². The number of amides is 2. The van der Waals surface area contributed by atoms with Crippen LogP contribution in [0.25, 0.3) is 11.1 Å². The van der Waals surface area contributed by atoms with Gasteiger partial charge in [0, 0.05) is 29.3 Å². The quantitative estimate of drug-likeness (QED) is 0.380. The number of para-hydroxylation sites is 1. The Balaban J connectivity index is 1.56. The van der Waals surface area contributed by atoms with Crippen LogP contribution in [0.4, 0.5) is 10.7 Å². The molecular formula is C27H26N2O4S. The maximum Gasteiger partial charge on any atom is 0.342 e. The van der Waals surface area contributed by atoms with Crippen molar-refractivity contribution in [2.45, 2.75) is 26.7 Å². The molecule has 0 saturated carbocycles. The number of carbonyl (C=O) groups is 3. The standard InChI is InChI=1S/C27H26N2O4S/c1-18(2)15-23(30)28-26-25(21(17-34-26)19-9-4-3-5-10-19)27(32)33-16-24(31)29-14-8-12-20-11-6-7-13-22(20)29/h3-7,9-11,13,15,17H,8,12,14,16H2,1-2H3,(H,28,30). The lowest BCUT2D eigenvalue weighted by molar-refractivity contribution is -0.121. The van der Waals surface area contributed by atoms with Crippen LogP contribution in [0.15, 0.2) is 71.6 Å². The van der Waals surface area contributed by atoms with Gasteiger partial charge in [0.25, 0.3) is 5.91 Å². The first-order chi connectivity index (χ1) is 16.4. The van der Waals surface area contributed by atoms with Gasteiger partial charge < -0.3 is 15.0 Å². The number of nitrogens with one attached hydrogen (secondary N) is 1. The van der Waals surface area contributed by atoms with Crippen molar-refractivity contribution in [3.05, 3.63) is 82.8 Å². The fourth-order valence-electron chi connectivity index (χ4n) is 3.96. The number of fused-ring (bicyclic) bond motifs is 1. The summed E-state index contributed by atoms with van der Waals surface area (Å²) in [5.74, 6) is -1.24. The van der Waals surface area contributed by atoms with Crippen molar-refractivity contribution in [3.8, 4) is 11.1 Å². The highest BCUT2D eigenvalue weighted by atomic mass is 32.1. The number of rotatable bonds is 6. The number of carbonyl (C=O) groups excluding carboxylic acids is 3. The van der Waals surface area contributed by atoms with E-state index in [2.05, 4.69) is 5.32 Å². The zero-order valence-electron chi connectivity index (χ0n) is 19.2. The summed E-state index contributed by atoms with van der Waals surface area (Å²) >= 11 is 1.25. The maximum absolute atomic E-state index is 13.2. The van der Waals surface area contributed by atoms with Gasteiger partial charge in [-0.15, -0.1) is 11.3 Å². The lowest BCUT2D eigenvalue weighted by Gasteiger charge is -2.29. The molecule has 2 amide bonds. The minimum atomic E-state index is -0.647. The molecule has 174 valence electrons. The van der Waals surface area contributed by atoms with Gasteiger partial charge in [0.1, 0.15) is 10.6 Å². The molecule has 1 aliphatic heterocycles. The van der Waals surface area contributed by atoms with Gasteiger partial charge in [-0.1, -0.05) is 54.1 Å². The van der Waals surface area contributed by atoms with Crippen molar-refractivity contribution in [3.63, 3.8) is 0 Å². The maximum atomic E-state index is 13.2. The number of ether oxygens (including phenoxy) is 1. The number of nitrogens with zero attached hydrogens (tertiary/aromatic N) is 1. The Bertz CT molecular complexity index is 1240. The van der Waals surface area contributed by atoms with Crippen molar-refractivity contribution >= 4 is 39.8 Å². The molecule has 1 aromatic heterocycles. The largest absolute Gasteiger partial charge is 0.452 e. The summed E-state index contributed by atoms with van der Waals surface area (Å²) in [6.45, 7) is 3.86. The van der Waals surface area contributed by atoms with Crippen LogP contribution in [-0.2, 0) is 20.7 Å². The van der Waals surface area contributed by atoms with E-state index in [1.807, 2.05) is 73.8 Å². The molecule has 1 N–H and O–H groups in total. The normalized spacial score (nSPS) is 12.5. The number of aryl methyl sites for hydroxylation is 1. The van der Waals surface area contributed by atoms with Gasteiger partial charge in [-0.2, -0.15) is 0 Å². The molecule has 0 atom stereocenters. The van der Waals surface area contributed by atoms with Gasteiger partial charge in [-0.3, -0.25) is 9.59 Å². The lowest BCUT2D eigenvalue weighted by atomic mass is 10.0. The van der Waals surface area contributed by atoms with Gasteiger partial charge in [0.05, 0.1) is 0 Å². The number of hydrogen-bond donors (Lipinski definition) is 1. The fraction of sp³-hybridized carbons (Fsp3) is 0.222. The number of allylic oxidation sites excluding steroid dienone is 1. The van der Waals surface area contributed by atoms with Crippen LogP contribution in [0.2, 0.25) is 0 Å². The molecule has 0 spiro atoms. The van der Waals surface area contributed by atoms with Crippen molar-refractivity contribution in [1.29, 1.82) is 0 Å². The summed E-state index contributed by atoms with van der Waals surface area (Å²) < 4.78 is 5.49. The molecule has 34 heavy (non-hydrogen) atoms. The van der Waals surface area contributed by atoms with E-state index < -0.39 is 5.97 Å². The Kier molecular flexibility index (Phi) is 7.23. The van der Waals surface area contributed by atoms with E-state index in [0.29, 0.717) is 17.1 Å². The molecule has 0 bridgehead atoms. The van der Waals surface area contributed by atoms with Gasteiger partial charge in [0.2, 0.25) is 5.91 Å². The SMILES string of the molecule is CC(C)=CC(=O)Nc1scc(-c2ccccc2)c1C(=O)OCC(=O)N1CCCc2ccccc21. The summed E-state index contributed by atoms with van der Waals surface area (Å²) in [7, 11) is 0. The van der Waals surface area contributed by atoms with E-state index in [1.165, 1.54) is 17.4 Å². The molecule has 6 nitrogen and oxygen atoms in total. The first-order valence-electron chi connectivity index (χ1n) is 11.1. The predicted molar refractivity (Wildman–Crippen MR) is 135 cm³/mol. The number of hydrogen-bond acceptors (Lipinski definition) is 5. The van der Waals surface area contributed by atoms with Crippen molar-refractivity contribution < 1.29 is 19.1 Å². The monoisotopic (exact) mass is 474 g/mol. The van der Waals surface area contributed by atoms with Crippen LogP contribution in [0.5, 0.6) is 0 Å². The van der Waals surface area contributed by atoms with Gasteiger partial charge >= 0.3 is 5.97 Å². The zero-order chi connectivity index (χ0) is 24.1. The van der Waals surface area contributed by atoms with Crippen LogP contribution in [0, 0.1) is 0 Å². The highest BCUT2D eigenvalue weighted by Gasteiger charge is 2.26. The highest BCUT2D eigenvalue weighted by Crippen LogP contribution is 2.36. The highest BCUT2D eigenvalue weighted by molar-refractivity contribution is 7.15. The Morgan fingerprint density at radius 3 is 2.56 bits per heavy atom. The topological polar surface area (TPSA) is 75.7 Å². The Morgan fingerprint density at radius 1 is 1.06 bits per heavy atom. The van der Waals surface area contributed by atoms with Gasteiger partial charge in [-0.05, 0) is 43.9 Å². The summed E-state index contributed by atoms with van der Waals surface area (Å²) in [6.07, 6.45) is 3.25. The molecular weight excluding hydrogens is 448 g/mol. The van der Waals surface area contributed by atoms with Crippen molar-refractivity contribution in [2.24, 2.45) is 0 Å². The van der Waals surface area contributed by atoms with E-state index in [0.717, 1.165) is 35.2 Å². The zero-order valence-corrected chi connectivity index (χ0v) is 20.0. The predicted octanol–water partition coefficient (Wildman–Crippen LogP) is 5.46. The number of thiophene rings is 1. The first kappa shape index (κ1) is 23.4. The molecule has 0 fully saturated rings. The summed E-state index contributed by atoms with van der Waals surface area (Å²) in [5, 5.41) is 4.99. The average Bonchev–Trinajstić information content (AvgIpc) is 3.25. The number of esters is 1. The van der Waals surface area contributed by atoms with Gasteiger partial charge in [-0.25, -0.2) is 4.79 Å². The minimum Gasteiger partial charge on any atom is -0.452 e. The van der Waals surface area contributed by atoms with Crippen LogP contribution >= 0.6 is 11.3 Å². The van der Waals surface area contributed by atoms with Crippen LogP contribution in [-0.4, -0.2) is 30.9 Å². The second-order valence-corrected chi connectivity index (χ2v) is 9.16. The average molecular weight is 475 g/mol. The van der Waals surface area contributed by atoms with E-state index in [9.17, 15) is 14.4 Å². The summed E-state index contributed by atoms with van der Waals surface area (Å²) in [4.78, 5) is 40.2. The second kappa shape index (κ2) is 10.5. The molecule has 1 aliphatic rings. The summed E-state index contributed by atoms with van der Waals surface area (Å²) in [5.41, 5.74) is 4.54. The lowest BCUT2D eigenvalue weighted by Crippen LogP contribution is -2.38. The van der Waals surface area contributed by atoms with Crippen molar-refractivity contribution in [2.75, 3.05) is 23.4 Å². The third kappa shape index (κ3) is 5.26. The molecule has 2 heterocycles. The minimum absolute atomic E-state index is 0.249. The van der Waals surface area contributed by atoms with Crippen LogP contribution < -0.4 is 10.2 Å². The third-order valence-corrected chi connectivity index (χ3v) is 6.37. The molecule has 2 aromatic carbocycles. The Morgan fingerprint density at radius 2 is 1.79 bits per heavy atom. The molecule has 7 heteroatoms. The van der Waals surface area contributed by atoms with Crippen molar-refractivity contribution in [1.82, 2.24) is 0 Å². The number of anilines is 2. The molecule has 0 unspecified atom stereocenters. The smallest absolute Gasteiger partial charge is 0.342 e. The van der Waals surface area contributed by atoms with E-state index in [-0.39, 0.29) is 24.0 Å².